The van der Waals surface area contributed by atoms with Gasteiger partial charge in [0.15, 0.2) is 24.8 Å². The van der Waals surface area contributed by atoms with Crippen LogP contribution in [0.1, 0.15) is 11.1 Å². The van der Waals surface area contributed by atoms with Gasteiger partial charge in [-0.1, -0.05) is 47.0 Å². The van der Waals surface area contributed by atoms with E-state index in [1.165, 1.54) is 37.8 Å². The Labute approximate surface area is 221 Å². The standard InChI is InChI=1S/C20H18N2O2S8/c1-25-15-16(26-2)30-19(29-15)20-31-17(27-11-13-5-3-7-21(23)9-13)18(32-20)28-12-14-6-4-8-22(24)10-14/h3-10H,11-12H2,1-2H3. The van der Waals surface area contributed by atoms with Gasteiger partial charge in [0, 0.05) is 34.8 Å². The summed E-state index contributed by atoms with van der Waals surface area (Å²) in [5.41, 5.74) is 2.01. The second-order valence-electron chi connectivity index (χ2n) is 6.26. The van der Waals surface area contributed by atoms with E-state index in [1.807, 2.05) is 82.7 Å². The quantitative estimate of drug-likeness (QED) is 0.239. The molecule has 12 heteroatoms. The Bertz CT molecular complexity index is 1020. The number of hydrogen-bond acceptors (Lipinski definition) is 10. The van der Waals surface area contributed by atoms with Gasteiger partial charge in [-0.05, 0) is 24.6 Å². The maximum Gasteiger partial charge on any atom is 0.184 e. The minimum absolute atomic E-state index is 0.745. The van der Waals surface area contributed by atoms with E-state index in [-0.39, 0.29) is 0 Å². The van der Waals surface area contributed by atoms with Crippen LogP contribution >= 0.6 is 94.1 Å². The molecule has 32 heavy (non-hydrogen) atoms. The van der Waals surface area contributed by atoms with Crippen molar-refractivity contribution in [3.63, 3.8) is 0 Å². The van der Waals surface area contributed by atoms with E-state index in [4.69, 9.17) is 0 Å². The van der Waals surface area contributed by atoms with Gasteiger partial charge in [-0.15, -0.1) is 47.0 Å². The molecule has 0 spiro atoms. The van der Waals surface area contributed by atoms with Crippen molar-refractivity contribution in [2.75, 3.05) is 12.5 Å². The monoisotopic (exact) mass is 574 g/mol. The first-order chi connectivity index (χ1) is 15.6. The summed E-state index contributed by atoms with van der Waals surface area (Å²) in [5.74, 6) is 1.49. The number of nitrogens with zero attached hydrogens (tertiary/aromatic N) is 2. The lowest BCUT2D eigenvalue weighted by Gasteiger charge is -2.05. The van der Waals surface area contributed by atoms with Crippen molar-refractivity contribution < 1.29 is 9.46 Å². The van der Waals surface area contributed by atoms with Crippen molar-refractivity contribution >= 4 is 94.1 Å². The molecule has 4 rings (SSSR count). The molecule has 2 aliphatic rings. The van der Waals surface area contributed by atoms with Crippen LogP contribution in [0.3, 0.4) is 0 Å². The van der Waals surface area contributed by atoms with Crippen molar-refractivity contribution in [2.45, 2.75) is 11.5 Å². The molecule has 0 aromatic carbocycles. The van der Waals surface area contributed by atoms with E-state index in [9.17, 15) is 10.4 Å². The van der Waals surface area contributed by atoms with Crippen LogP contribution in [-0.4, -0.2) is 12.5 Å². The molecule has 0 saturated carbocycles. The first kappa shape index (κ1) is 25.0. The molecule has 0 saturated heterocycles. The van der Waals surface area contributed by atoms with Gasteiger partial charge >= 0.3 is 0 Å². The van der Waals surface area contributed by atoms with Crippen LogP contribution < -0.4 is 9.46 Å². The van der Waals surface area contributed by atoms with E-state index in [0.717, 1.165) is 32.1 Å². The molecule has 0 atom stereocenters. The number of thioether (sulfide) groups is 8. The van der Waals surface area contributed by atoms with Gasteiger partial charge in [-0.25, -0.2) is 0 Å². The van der Waals surface area contributed by atoms with Gasteiger partial charge in [0.1, 0.15) is 0 Å². The second-order valence-corrected chi connectivity index (χ2v) is 15.5. The Kier molecular flexibility index (Phi) is 9.43. The van der Waals surface area contributed by atoms with E-state index < -0.39 is 0 Å². The molecule has 168 valence electrons. The Hall–Kier alpha value is -0.0800. The predicted molar refractivity (Wildman–Crippen MR) is 152 cm³/mol. The summed E-state index contributed by atoms with van der Waals surface area (Å²) < 4.78 is 9.63. The zero-order valence-electron chi connectivity index (χ0n) is 17.0. The number of rotatable bonds is 8. The summed E-state index contributed by atoms with van der Waals surface area (Å²) in [6, 6.07) is 7.55. The van der Waals surface area contributed by atoms with E-state index in [0.29, 0.717) is 0 Å². The number of aromatic nitrogens is 2. The zero-order valence-corrected chi connectivity index (χ0v) is 23.5. The van der Waals surface area contributed by atoms with E-state index in [1.54, 1.807) is 48.1 Å². The largest absolute Gasteiger partial charge is 0.619 e. The molecule has 0 unspecified atom stereocenters. The Balaban J connectivity index is 1.51. The lowest BCUT2D eigenvalue weighted by atomic mass is 10.3. The normalized spacial score (nSPS) is 16.6. The molecule has 0 aliphatic carbocycles. The Morgan fingerprint density at radius 1 is 0.688 bits per heavy atom. The van der Waals surface area contributed by atoms with E-state index in [2.05, 4.69) is 12.5 Å². The van der Waals surface area contributed by atoms with Crippen LogP contribution in [0, 0.1) is 10.4 Å². The molecule has 0 radical (unpaired) electrons. The lowest BCUT2D eigenvalue weighted by Crippen LogP contribution is -2.24. The fourth-order valence-corrected chi connectivity index (χ4v) is 13.6. The third kappa shape index (κ3) is 6.53. The first-order valence-corrected chi connectivity index (χ1v) is 16.9. The van der Waals surface area contributed by atoms with E-state index >= 15 is 0 Å². The number of pyridine rings is 2. The fraction of sp³-hybridized carbons (Fsp3) is 0.200. The van der Waals surface area contributed by atoms with Crippen LogP contribution in [-0.2, 0) is 11.5 Å². The molecule has 2 aromatic rings. The van der Waals surface area contributed by atoms with Crippen molar-refractivity contribution in [1.29, 1.82) is 0 Å². The third-order valence-corrected chi connectivity index (χ3v) is 15.4. The molecular weight excluding hydrogens is 557 g/mol. The molecule has 0 amide bonds. The van der Waals surface area contributed by atoms with Crippen LogP contribution in [0.5, 0.6) is 0 Å². The molecule has 0 bridgehead atoms. The van der Waals surface area contributed by atoms with Gasteiger partial charge in [0.05, 0.1) is 25.4 Å². The molecular formula is C20H18N2O2S8. The van der Waals surface area contributed by atoms with Crippen LogP contribution in [0.25, 0.3) is 0 Å². The summed E-state index contributed by atoms with van der Waals surface area (Å²) in [7, 11) is 0. The highest BCUT2D eigenvalue weighted by atomic mass is 32.3. The SMILES string of the molecule is CSC1=C(SC)SC(=C2SC(SCc3ccc[n+]([O-])c3)=C(SCc3ccc[n+]([O-])c3)S2)S1. The second kappa shape index (κ2) is 12.1. The average Bonchev–Trinajstić information content (AvgIpc) is 3.40. The number of hydrogen-bond donors (Lipinski definition) is 0. The Morgan fingerprint density at radius 2 is 1.09 bits per heavy atom. The van der Waals surface area contributed by atoms with Crippen LogP contribution in [0.15, 0.2) is 74.5 Å². The molecule has 2 aliphatic heterocycles. The van der Waals surface area contributed by atoms with Gasteiger partial charge < -0.3 is 10.4 Å². The smallest absolute Gasteiger partial charge is 0.184 e. The van der Waals surface area contributed by atoms with Crippen molar-refractivity contribution in [3.8, 4) is 0 Å². The average molecular weight is 575 g/mol. The fourth-order valence-electron chi connectivity index (χ4n) is 2.61. The summed E-state index contributed by atoms with van der Waals surface area (Å²) >= 11 is 14.5. The summed E-state index contributed by atoms with van der Waals surface area (Å²) in [4.78, 5) is 0. The molecule has 4 heterocycles. The summed E-state index contributed by atoms with van der Waals surface area (Å²) in [5, 5.41) is 23.2. The third-order valence-electron chi connectivity index (χ3n) is 4.02. The summed E-state index contributed by atoms with van der Waals surface area (Å²) in [6.07, 6.45) is 10.5. The molecule has 4 nitrogen and oxygen atoms in total. The lowest BCUT2D eigenvalue weighted by molar-refractivity contribution is -0.605. The van der Waals surface area contributed by atoms with Gasteiger partial charge in [0.2, 0.25) is 0 Å². The minimum Gasteiger partial charge on any atom is -0.619 e. The van der Waals surface area contributed by atoms with Crippen LogP contribution in [0.2, 0.25) is 0 Å². The van der Waals surface area contributed by atoms with Gasteiger partial charge in [-0.3, -0.25) is 0 Å². The topological polar surface area (TPSA) is 53.9 Å². The molecule has 2 aromatic heterocycles. The summed E-state index contributed by atoms with van der Waals surface area (Å²) in [6.45, 7) is 0. The van der Waals surface area contributed by atoms with Gasteiger partial charge in [-0.2, -0.15) is 9.46 Å². The minimum atomic E-state index is 0.745. The molecule has 0 fully saturated rings. The molecule has 0 N–H and O–H groups in total. The predicted octanol–water partition coefficient (Wildman–Crippen LogP) is 7.19. The van der Waals surface area contributed by atoms with Crippen molar-refractivity contribution in [1.82, 2.24) is 0 Å². The highest BCUT2D eigenvalue weighted by Gasteiger charge is 2.30. The zero-order chi connectivity index (χ0) is 22.5. The van der Waals surface area contributed by atoms with Crippen molar-refractivity contribution in [3.05, 3.63) is 96.0 Å². The maximum atomic E-state index is 11.6. The maximum absolute atomic E-state index is 11.6. The van der Waals surface area contributed by atoms with Crippen LogP contribution in [0.4, 0.5) is 0 Å². The Morgan fingerprint density at radius 3 is 1.47 bits per heavy atom. The van der Waals surface area contributed by atoms with Gasteiger partial charge in [0.25, 0.3) is 0 Å². The highest BCUT2D eigenvalue weighted by Crippen LogP contribution is 2.66. The highest BCUT2D eigenvalue weighted by molar-refractivity contribution is 8.44. The van der Waals surface area contributed by atoms with Crippen molar-refractivity contribution in [2.24, 2.45) is 0 Å². The first-order valence-electron chi connectivity index (χ1n) is 9.19.